The molecule has 0 radical (unpaired) electrons. The number of allylic oxidation sites excluding steroid dienone is 4. The zero-order chi connectivity index (χ0) is 22.4. The molecular weight excluding hydrogens is 402 g/mol. The maximum Gasteiger partial charge on any atom is 0.164 e. The Balaban J connectivity index is 1.61. The highest BCUT2D eigenvalue weighted by Gasteiger charge is 2.40. The lowest BCUT2D eigenvalue weighted by molar-refractivity contribution is 0.654. The Morgan fingerprint density at radius 3 is 1.82 bits per heavy atom. The predicted octanol–water partition coefficient (Wildman–Crippen LogP) is 7.27. The van der Waals surface area contributed by atoms with Gasteiger partial charge in [0, 0.05) is 22.1 Å². The number of nitrogens with zero attached hydrogens (tertiary/aromatic N) is 3. The Morgan fingerprint density at radius 1 is 0.606 bits per heavy atom. The molecular formula is C30H25N3. The van der Waals surface area contributed by atoms with Crippen molar-refractivity contribution >= 4 is 5.57 Å². The fourth-order valence-electron chi connectivity index (χ4n) is 5.13. The number of rotatable bonds is 3. The van der Waals surface area contributed by atoms with E-state index in [0.29, 0.717) is 11.6 Å². The van der Waals surface area contributed by atoms with Gasteiger partial charge in [0.15, 0.2) is 17.5 Å². The maximum atomic E-state index is 4.99. The Hall–Kier alpha value is -3.85. The number of fused-ring (bicyclic) bond motifs is 3. The second kappa shape index (κ2) is 7.63. The summed E-state index contributed by atoms with van der Waals surface area (Å²) < 4.78 is 0. The van der Waals surface area contributed by atoms with Crippen molar-refractivity contribution < 1.29 is 0 Å². The molecule has 33 heavy (non-hydrogen) atoms. The van der Waals surface area contributed by atoms with Gasteiger partial charge < -0.3 is 0 Å². The molecule has 0 amide bonds. The van der Waals surface area contributed by atoms with Gasteiger partial charge in [0.25, 0.3) is 0 Å². The Bertz CT molecular complexity index is 1360. The quantitative estimate of drug-likeness (QED) is 0.345. The van der Waals surface area contributed by atoms with E-state index < -0.39 is 0 Å². The summed E-state index contributed by atoms with van der Waals surface area (Å²) in [4.78, 5) is 14.8. The van der Waals surface area contributed by atoms with Gasteiger partial charge in [0.2, 0.25) is 0 Å². The minimum atomic E-state index is -0.0187. The van der Waals surface area contributed by atoms with E-state index in [-0.39, 0.29) is 5.41 Å². The van der Waals surface area contributed by atoms with E-state index in [1.165, 1.54) is 22.3 Å². The van der Waals surface area contributed by atoms with E-state index in [4.69, 9.17) is 15.0 Å². The average molecular weight is 428 g/mol. The van der Waals surface area contributed by atoms with Crippen LogP contribution < -0.4 is 0 Å². The predicted molar refractivity (Wildman–Crippen MR) is 134 cm³/mol. The normalized spacial score (nSPS) is 15.9. The van der Waals surface area contributed by atoms with Crippen molar-refractivity contribution in [2.75, 3.05) is 0 Å². The molecule has 2 aliphatic rings. The van der Waals surface area contributed by atoms with Crippen molar-refractivity contribution in [3.05, 3.63) is 108 Å². The number of aromatic nitrogens is 3. The van der Waals surface area contributed by atoms with Crippen LogP contribution in [0.25, 0.3) is 39.7 Å². The largest absolute Gasteiger partial charge is 0.208 e. The van der Waals surface area contributed by atoms with Crippen LogP contribution in [0.2, 0.25) is 0 Å². The smallest absolute Gasteiger partial charge is 0.164 e. The summed E-state index contributed by atoms with van der Waals surface area (Å²) in [6.45, 7) is 4.65. The van der Waals surface area contributed by atoms with Crippen LogP contribution in [-0.4, -0.2) is 15.0 Å². The van der Waals surface area contributed by atoms with Gasteiger partial charge in [-0.3, -0.25) is 0 Å². The van der Waals surface area contributed by atoms with Gasteiger partial charge in [-0.05, 0) is 35.1 Å². The molecule has 2 aliphatic carbocycles. The summed E-state index contributed by atoms with van der Waals surface area (Å²) in [6, 6.07) is 26.9. The van der Waals surface area contributed by atoms with Crippen LogP contribution in [0.1, 0.15) is 37.8 Å². The summed E-state index contributed by atoms with van der Waals surface area (Å²) >= 11 is 0. The third-order valence-electron chi connectivity index (χ3n) is 6.77. The highest BCUT2D eigenvalue weighted by atomic mass is 15.0. The van der Waals surface area contributed by atoms with Gasteiger partial charge in [-0.2, -0.15) is 0 Å². The van der Waals surface area contributed by atoms with Crippen LogP contribution in [0.15, 0.2) is 96.6 Å². The Kier molecular flexibility index (Phi) is 4.58. The summed E-state index contributed by atoms with van der Waals surface area (Å²) in [5.41, 5.74) is 8.44. The summed E-state index contributed by atoms with van der Waals surface area (Å²) in [5.74, 6) is 2.12. The average Bonchev–Trinajstić information content (AvgIpc) is 3.12. The maximum absolute atomic E-state index is 4.99. The van der Waals surface area contributed by atoms with Crippen LogP contribution >= 0.6 is 0 Å². The van der Waals surface area contributed by atoms with E-state index in [9.17, 15) is 0 Å². The number of benzene rings is 3. The lowest BCUT2D eigenvalue weighted by Crippen LogP contribution is -2.15. The van der Waals surface area contributed by atoms with E-state index in [0.717, 1.165) is 35.4 Å². The van der Waals surface area contributed by atoms with Gasteiger partial charge in [0.05, 0.1) is 0 Å². The Labute approximate surface area is 194 Å². The molecule has 4 aromatic rings. The zero-order valence-electron chi connectivity index (χ0n) is 18.9. The van der Waals surface area contributed by atoms with Crippen LogP contribution in [0.3, 0.4) is 0 Å². The van der Waals surface area contributed by atoms with Gasteiger partial charge in [-0.25, -0.2) is 15.0 Å². The Morgan fingerprint density at radius 2 is 1.18 bits per heavy atom. The molecule has 0 spiro atoms. The van der Waals surface area contributed by atoms with Crippen molar-refractivity contribution in [1.82, 2.24) is 15.0 Å². The fourth-order valence-corrected chi connectivity index (χ4v) is 5.13. The minimum absolute atomic E-state index is 0.0187. The molecule has 0 N–H and O–H groups in total. The van der Waals surface area contributed by atoms with Gasteiger partial charge in [0.1, 0.15) is 0 Å². The first-order chi connectivity index (χ1) is 16.1. The molecule has 160 valence electrons. The molecule has 1 heterocycles. The number of hydrogen-bond acceptors (Lipinski definition) is 3. The van der Waals surface area contributed by atoms with E-state index in [1.807, 2.05) is 36.4 Å². The second-order valence-corrected chi connectivity index (χ2v) is 9.20. The van der Waals surface area contributed by atoms with Crippen molar-refractivity contribution in [3.63, 3.8) is 0 Å². The molecule has 3 heteroatoms. The van der Waals surface area contributed by atoms with Crippen molar-refractivity contribution in [2.45, 2.75) is 32.1 Å². The first-order valence-corrected chi connectivity index (χ1v) is 11.6. The molecule has 3 nitrogen and oxygen atoms in total. The van der Waals surface area contributed by atoms with Gasteiger partial charge in [-0.1, -0.05) is 105 Å². The monoisotopic (exact) mass is 427 g/mol. The van der Waals surface area contributed by atoms with Crippen molar-refractivity contribution in [1.29, 1.82) is 0 Å². The lowest BCUT2D eigenvalue weighted by Gasteiger charge is -2.23. The first-order valence-electron chi connectivity index (χ1n) is 11.6. The fraction of sp³-hybridized carbons (Fsp3) is 0.167. The van der Waals surface area contributed by atoms with Crippen LogP contribution in [-0.2, 0) is 5.41 Å². The molecule has 0 saturated heterocycles. The van der Waals surface area contributed by atoms with E-state index in [1.54, 1.807) is 0 Å². The van der Waals surface area contributed by atoms with Gasteiger partial charge >= 0.3 is 0 Å². The molecule has 0 fully saturated rings. The third-order valence-corrected chi connectivity index (χ3v) is 6.77. The molecule has 0 atom stereocenters. The topological polar surface area (TPSA) is 38.7 Å². The summed E-state index contributed by atoms with van der Waals surface area (Å²) in [6.07, 6.45) is 6.99. The van der Waals surface area contributed by atoms with Gasteiger partial charge in [-0.15, -0.1) is 0 Å². The lowest BCUT2D eigenvalue weighted by atomic mass is 9.80. The molecule has 0 saturated carbocycles. The second-order valence-electron chi connectivity index (χ2n) is 9.20. The standard InChI is InChI=1S/C30H25N3/c1-30(2)24-18-10-9-16-22(24)26-23(17-11-19-25(26)30)29-32-27(20-12-5-3-6-13-20)31-28(33-29)21-14-7-4-8-15-21/h3-8,11-19H,9-10H2,1-2H3. The van der Waals surface area contributed by atoms with Crippen molar-refractivity contribution in [3.8, 4) is 34.2 Å². The van der Waals surface area contributed by atoms with E-state index >= 15 is 0 Å². The minimum Gasteiger partial charge on any atom is -0.208 e. The third kappa shape index (κ3) is 3.23. The summed E-state index contributed by atoms with van der Waals surface area (Å²) in [5, 5.41) is 0. The van der Waals surface area contributed by atoms with E-state index in [2.05, 4.69) is 68.5 Å². The zero-order valence-corrected chi connectivity index (χ0v) is 18.9. The highest BCUT2D eigenvalue weighted by Crippen LogP contribution is 2.53. The molecule has 6 rings (SSSR count). The molecule has 0 unspecified atom stereocenters. The van der Waals surface area contributed by atoms with Crippen molar-refractivity contribution in [2.24, 2.45) is 0 Å². The first kappa shape index (κ1) is 19.8. The molecule has 3 aromatic carbocycles. The molecule has 0 bridgehead atoms. The van der Waals surface area contributed by atoms with Crippen LogP contribution in [0.5, 0.6) is 0 Å². The highest BCUT2D eigenvalue weighted by molar-refractivity contribution is 5.96. The number of hydrogen-bond donors (Lipinski definition) is 0. The molecule has 1 aromatic heterocycles. The van der Waals surface area contributed by atoms with Crippen LogP contribution in [0.4, 0.5) is 0 Å². The molecule has 0 aliphatic heterocycles. The van der Waals surface area contributed by atoms with Crippen LogP contribution in [0, 0.1) is 0 Å². The summed E-state index contributed by atoms with van der Waals surface area (Å²) in [7, 11) is 0. The SMILES string of the molecule is CC1(C)C2=CCCC=C2c2c(-c3nc(-c4ccccc4)nc(-c4ccccc4)n3)cccc21.